The van der Waals surface area contributed by atoms with Crippen LogP contribution in [0.1, 0.15) is 90.3 Å². The molecule has 5 atom stereocenters. The number of pyridine rings is 1. The number of phenols is 1. The molecule has 7 rings (SSSR count). The minimum Gasteiger partial charge on any atom is -0.504 e. The molecule has 0 radical (unpaired) electrons. The van der Waals surface area contributed by atoms with E-state index >= 15 is 0 Å². The molecular formula is C51H62N4O5. The number of nitrogens with one attached hydrogen (secondary N) is 2. The first-order chi connectivity index (χ1) is 29.3. The summed E-state index contributed by atoms with van der Waals surface area (Å²) in [7, 11) is 0. The Kier molecular flexibility index (Phi) is 15.4. The number of benzene rings is 3. The van der Waals surface area contributed by atoms with Crippen molar-refractivity contribution in [3.63, 3.8) is 0 Å². The third kappa shape index (κ3) is 11.8. The smallest absolute Gasteiger partial charge is 0.186 e. The zero-order valence-corrected chi connectivity index (χ0v) is 34.9. The number of anilines is 1. The predicted molar refractivity (Wildman–Crippen MR) is 239 cm³/mol. The maximum absolute atomic E-state index is 13.1. The largest absolute Gasteiger partial charge is 0.504 e. The number of Topliss-reactive ketones (excluding diaryl/α,β-unsaturated/α-hetero) is 1. The first-order valence-electron chi connectivity index (χ1n) is 22.1. The van der Waals surface area contributed by atoms with Crippen molar-refractivity contribution in [3.05, 3.63) is 136 Å². The number of hydrogen-bond acceptors (Lipinski definition) is 9. The van der Waals surface area contributed by atoms with Crippen LogP contribution >= 0.6 is 0 Å². The van der Waals surface area contributed by atoms with Gasteiger partial charge in [-0.25, -0.2) is 4.98 Å². The standard InChI is InChI=1S/C51H62N4O5/c52-50-30-39(19-18-37-12-7-11-36(25-37)17-16-35-9-3-1-4-10-35)42(33-55-50)27-41-28-48(59)49(60-34-56)29-38(41)20-21-45(58)31-44(57)14-5-2-6-15-47-46-22-24-53-32-43(46)26-40-13-8-23-54-51(40)47/h1,3-4,7-13,20-21,25,28-30,33,40,43,46-47,51,53-54,56,59H,2,5-6,14-19,22-24,26-27,31-32,34H2,(H2,52,55)/t40-,43-,46-,47-,51-/m1/s1. The number of carbonyl (C=O) groups is 2. The molecule has 0 bridgehead atoms. The average Bonchev–Trinajstić information content (AvgIpc) is 3.26. The second kappa shape index (κ2) is 21.4. The number of carbonyl (C=O) groups excluding carboxylic acids is 2. The molecule has 316 valence electrons. The molecule has 60 heavy (non-hydrogen) atoms. The van der Waals surface area contributed by atoms with Gasteiger partial charge in [-0.3, -0.25) is 9.59 Å². The number of nitrogens with zero attached hydrogens (tertiary/aromatic N) is 1. The lowest BCUT2D eigenvalue weighted by Gasteiger charge is -2.50. The van der Waals surface area contributed by atoms with Crippen LogP contribution < -0.4 is 21.1 Å². The third-order valence-corrected chi connectivity index (χ3v) is 13.0. The number of piperidine rings is 1. The summed E-state index contributed by atoms with van der Waals surface area (Å²) in [6.45, 7) is 2.59. The lowest BCUT2D eigenvalue weighted by atomic mass is 9.61. The third-order valence-electron chi connectivity index (χ3n) is 13.0. The van der Waals surface area contributed by atoms with Gasteiger partial charge in [0.05, 0.1) is 6.42 Å². The fourth-order valence-corrected chi connectivity index (χ4v) is 10.0. The second-order valence-corrected chi connectivity index (χ2v) is 17.1. The highest BCUT2D eigenvalue weighted by atomic mass is 16.6. The van der Waals surface area contributed by atoms with Gasteiger partial charge in [-0.1, -0.05) is 85.7 Å². The molecule has 3 heterocycles. The Balaban J connectivity index is 0.937. The first kappa shape index (κ1) is 43.0. The van der Waals surface area contributed by atoms with Crippen LogP contribution in [0.25, 0.3) is 6.08 Å². The molecule has 0 spiro atoms. The van der Waals surface area contributed by atoms with E-state index in [0.717, 1.165) is 93.1 Å². The molecular weight excluding hydrogens is 749 g/mol. The highest BCUT2D eigenvalue weighted by Crippen LogP contribution is 2.45. The van der Waals surface area contributed by atoms with E-state index in [1.807, 2.05) is 12.1 Å². The van der Waals surface area contributed by atoms with Crippen LogP contribution in [-0.4, -0.2) is 59.2 Å². The number of aliphatic hydroxyl groups excluding tert-OH is 1. The zero-order chi connectivity index (χ0) is 41.7. The van der Waals surface area contributed by atoms with Crippen molar-refractivity contribution in [2.24, 2.45) is 23.7 Å². The van der Waals surface area contributed by atoms with Gasteiger partial charge >= 0.3 is 0 Å². The number of aliphatic hydroxyl groups is 1. The molecule has 0 unspecified atom stereocenters. The number of nitrogen functional groups attached to an aromatic ring is 1. The van der Waals surface area contributed by atoms with E-state index in [0.29, 0.717) is 42.1 Å². The van der Waals surface area contributed by atoms with Crippen LogP contribution in [0, 0.1) is 23.7 Å². The number of rotatable bonds is 20. The molecule has 3 aliphatic rings. The first-order valence-corrected chi connectivity index (χ1v) is 22.1. The Labute approximate surface area is 355 Å². The van der Waals surface area contributed by atoms with Crippen molar-refractivity contribution in [3.8, 4) is 11.5 Å². The van der Waals surface area contributed by atoms with Crippen molar-refractivity contribution >= 4 is 23.5 Å². The number of aryl methyl sites for hydroxylation is 4. The summed E-state index contributed by atoms with van der Waals surface area (Å²) in [6, 6.07) is 24.9. The topological polar surface area (TPSA) is 147 Å². The molecule has 2 aliphatic heterocycles. The molecule has 1 aliphatic carbocycles. The van der Waals surface area contributed by atoms with Gasteiger partial charge in [-0.05, 0) is 158 Å². The van der Waals surface area contributed by atoms with Gasteiger partial charge in [0, 0.05) is 25.2 Å². The molecule has 1 saturated carbocycles. The van der Waals surface area contributed by atoms with Crippen LogP contribution in [0.4, 0.5) is 5.82 Å². The maximum Gasteiger partial charge on any atom is 0.186 e. The second-order valence-electron chi connectivity index (χ2n) is 17.1. The zero-order valence-electron chi connectivity index (χ0n) is 34.9. The number of nitrogens with two attached hydrogens (primary N) is 1. The molecule has 1 saturated heterocycles. The molecule has 9 heteroatoms. The normalized spacial score (nSPS) is 21.1. The Morgan fingerprint density at radius 2 is 1.70 bits per heavy atom. The molecule has 9 nitrogen and oxygen atoms in total. The average molecular weight is 811 g/mol. The van der Waals surface area contributed by atoms with E-state index in [9.17, 15) is 19.8 Å². The van der Waals surface area contributed by atoms with Gasteiger partial charge in [-0.2, -0.15) is 0 Å². The van der Waals surface area contributed by atoms with Gasteiger partial charge in [0.25, 0.3) is 0 Å². The summed E-state index contributed by atoms with van der Waals surface area (Å²) in [4.78, 5) is 30.5. The quantitative estimate of drug-likeness (QED) is 0.0199. The summed E-state index contributed by atoms with van der Waals surface area (Å²) < 4.78 is 5.28. The van der Waals surface area contributed by atoms with Crippen LogP contribution in [0.15, 0.2) is 97.2 Å². The summed E-state index contributed by atoms with van der Waals surface area (Å²) >= 11 is 0. The van der Waals surface area contributed by atoms with Crippen LogP contribution in [0.5, 0.6) is 11.5 Å². The summed E-state index contributed by atoms with van der Waals surface area (Å²) in [6.07, 6.45) is 20.4. The Hall–Kier alpha value is -5.09. The molecule has 2 fully saturated rings. The highest BCUT2D eigenvalue weighted by molar-refractivity contribution is 6.06. The van der Waals surface area contributed by atoms with Gasteiger partial charge in [0.1, 0.15) is 11.6 Å². The number of fused-ring (bicyclic) bond motifs is 2. The predicted octanol–water partition coefficient (Wildman–Crippen LogP) is 7.74. The SMILES string of the molecule is Nc1cc(CCc2cccc(CCc3ccccc3)c2)c(Cc2cc(O)c(OCO)cc2C=CC(=O)CC(=O)CCCCC[C@@H]2[C@@H]3CCNC[C@H]3C[C@H]3C=CCN[C@@H]23)cn1. The van der Waals surface area contributed by atoms with E-state index in [4.69, 9.17) is 10.5 Å². The van der Waals surface area contributed by atoms with Crippen molar-refractivity contribution in [2.75, 3.05) is 32.2 Å². The molecule has 1 aromatic heterocycles. The highest BCUT2D eigenvalue weighted by Gasteiger charge is 2.44. The summed E-state index contributed by atoms with van der Waals surface area (Å²) in [5.74, 6) is 2.92. The number of hydrogen-bond donors (Lipinski definition) is 5. The number of ketones is 2. The Morgan fingerprint density at radius 1 is 0.900 bits per heavy atom. The lowest BCUT2D eigenvalue weighted by molar-refractivity contribution is -0.124. The van der Waals surface area contributed by atoms with Crippen molar-refractivity contribution in [2.45, 2.75) is 89.5 Å². The fourth-order valence-electron chi connectivity index (χ4n) is 10.0. The lowest BCUT2D eigenvalue weighted by Crippen LogP contribution is -2.55. The van der Waals surface area contributed by atoms with Crippen molar-refractivity contribution < 1.29 is 24.5 Å². The van der Waals surface area contributed by atoms with Gasteiger partial charge in [0.2, 0.25) is 0 Å². The van der Waals surface area contributed by atoms with Crippen molar-refractivity contribution in [1.82, 2.24) is 15.6 Å². The minimum atomic E-state index is -0.614. The van der Waals surface area contributed by atoms with E-state index in [-0.39, 0.29) is 29.5 Å². The number of ether oxygens (including phenoxy) is 1. The number of unbranched alkanes of at least 4 members (excludes halogenated alkanes) is 2. The van der Waals surface area contributed by atoms with Crippen LogP contribution in [-0.2, 0) is 41.7 Å². The monoisotopic (exact) mass is 810 g/mol. The fraction of sp³-hybridized carbons (Fsp3) is 0.431. The summed E-state index contributed by atoms with van der Waals surface area (Å²) in [5, 5.41) is 27.7. The van der Waals surface area contributed by atoms with Crippen molar-refractivity contribution in [1.29, 1.82) is 0 Å². The molecule has 3 aromatic carbocycles. The van der Waals surface area contributed by atoms with Gasteiger partial charge in [-0.15, -0.1) is 0 Å². The Bertz CT molecular complexity index is 2120. The molecule has 0 amide bonds. The van der Waals surface area contributed by atoms with E-state index in [1.165, 1.54) is 42.0 Å². The van der Waals surface area contributed by atoms with E-state index in [1.54, 1.807) is 24.4 Å². The number of phenolic OH excluding ortho intramolecular Hbond substituents is 1. The van der Waals surface area contributed by atoms with Gasteiger partial charge in [0.15, 0.2) is 24.1 Å². The Morgan fingerprint density at radius 3 is 2.53 bits per heavy atom. The van der Waals surface area contributed by atoms with E-state index < -0.39 is 6.79 Å². The van der Waals surface area contributed by atoms with Crippen LogP contribution in [0.2, 0.25) is 0 Å². The summed E-state index contributed by atoms with van der Waals surface area (Å²) in [5.41, 5.74) is 13.4. The number of aromatic hydroxyl groups is 1. The van der Waals surface area contributed by atoms with E-state index in [2.05, 4.69) is 76.3 Å². The molecule has 4 aromatic rings. The molecule has 6 N–H and O–H groups in total. The number of aromatic nitrogens is 1. The minimum absolute atomic E-state index is 0.0468. The number of allylic oxidation sites excluding steroid dienone is 1. The van der Waals surface area contributed by atoms with Gasteiger partial charge < -0.3 is 31.3 Å². The van der Waals surface area contributed by atoms with Crippen LogP contribution in [0.3, 0.4) is 0 Å². The maximum atomic E-state index is 13.1.